The molecule has 1 radical (unpaired) electrons. The summed E-state index contributed by atoms with van der Waals surface area (Å²) < 4.78 is 0. The van der Waals surface area contributed by atoms with Crippen LogP contribution >= 0.6 is 0 Å². The lowest BCUT2D eigenvalue weighted by Crippen LogP contribution is -1.71. The standard InChI is InChI=1S/C7H11/c1-5-7(4)6(2)3/h2,5H,1,3-4H3. The van der Waals surface area contributed by atoms with Crippen molar-refractivity contribution in [3.05, 3.63) is 23.8 Å². The Bertz CT molecular complexity index is 96.6. The topological polar surface area (TPSA) is 0 Å². The molecule has 0 unspecified atom stereocenters. The van der Waals surface area contributed by atoms with E-state index in [2.05, 4.69) is 0 Å². The molecule has 0 aromatic rings. The van der Waals surface area contributed by atoms with Gasteiger partial charge in [0.1, 0.15) is 0 Å². The van der Waals surface area contributed by atoms with Crippen molar-refractivity contribution in [2.45, 2.75) is 20.8 Å². The van der Waals surface area contributed by atoms with Crippen molar-refractivity contribution in [1.82, 2.24) is 0 Å². The normalized spacial score (nSPS) is 11.6. The van der Waals surface area contributed by atoms with Crippen LogP contribution in [0.2, 0.25) is 0 Å². The Morgan fingerprint density at radius 2 is 1.86 bits per heavy atom. The molecule has 0 amide bonds. The molecule has 0 fully saturated rings. The Morgan fingerprint density at radius 3 is 1.86 bits per heavy atom. The summed E-state index contributed by atoms with van der Waals surface area (Å²) in [5.41, 5.74) is 2.07. The van der Waals surface area contributed by atoms with E-state index in [1.54, 1.807) is 0 Å². The minimum absolute atomic E-state index is 0.905. The molecule has 7 heavy (non-hydrogen) atoms. The summed E-state index contributed by atoms with van der Waals surface area (Å²) in [6, 6.07) is 0. The van der Waals surface area contributed by atoms with Crippen LogP contribution < -0.4 is 0 Å². The van der Waals surface area contributed by atoms with E-state index in [0.29, 0.717) is 0 Å². The third-order valence-electron chi connectivity index (χ3n) is 1.06. The first-order valence-corrected chi connectivity index (χ1v) is 2.40. The molecule has 0 aliphatic rings. The monoisotopic (exact) mass is 95.1 g/mol. The fourth-order valence-corrected chi connectivity index (χ4v) is 0.228. The lowest BCUT2D eigenvalue weighted by atomic mass is 10.2. The second-order valence-corrected chi connectivity index (χ2v) is 1.65. The van der Waals surface area contributed by atoms with E-state index in [1.807, 2.05) is 26.8 Å². The van der Waals surface area contributed by atoms with Crippen LogP contribution in [0.5, 0.6) is 0 Å². The van der Waals surface area contributed by atoms with Gasteiger partial charge in [-0.25, -0.2) is 0 Å². The van der Waals surface area contributed by atoms with E-state index in [0.717, 1.165) is 5.57 Å². The highest BCUT2D eigenvalue weighted by Crippen LogP contribution is 2.01. The zero-order chi connectivity index (χ0) is 5.86. The van der Waals surface area contributed by atoms with Crippen molar-refractivity contribution in [3.8, 4) is 0 Å². The first-order chi connectivity index (χ1) is 3.18. The van der Waals surface area contributed by atoms with E-state index in [9.17, 15) is 0 Å². The third-order valence-corrected chi connectivity index (χ3v) is 1.06. The van der Waals surface area contributed by atoms with Crippen LogP contribution in [0.15, 0.2) is 17.2 Å². The van der Waals surface area contributed by atoms with Gasteiger partial charge in [0.05, 0.1) is 0 Å². The molecule has 0 heterocycles. The smallest absolute Gasteiger partial charge is 0.0395 e. The van der Waals surface area contributed by atoms with Crippen LogP contribution in [0.4, 0.5) is 0 Å². The van der Waals surface area contributed by atoms with Crippen LogP contribution in [-0.2, 0) is 0 Å². The average Bonchev–Trinajstić information content (AvgIpc) is 1.65. The van der Waals surface area contributed by atoms with Crippen molar-refractivity contribution in [1.29, 1.82) is 0 Å². The van der Waals surface area contributed by atoms with Crippen LogP contribution in [0, 0.1) is 6.58 Å². The van der Waals surface area contributed by atoms with E-state index in [4.69, 9.17) is 6.58 Å². The summed E-state index contributed by atoms with van der Waals surface area (Å²) in [7, 11) is 0. The van der Waals surface area contributed by atoms with Crippen molar-refractivity contribution in [2.75, 3.05) is 0 Å². The molecule has 0 spiro atoms. The zero-order valence-electron chi connectivity index (χ0n) is 5.15. The zero-order valence-corrected chi connectivity index (χ0v) is 5.15. The maximum Gasteiger partial charge on any atom is -0.0395 e. The van der Waals surface area contributed by atoms with Crippen molar-refractivity contribution in [3.63, 3.8) is 0 Å². The molecule has 0 saturated carbocycles. The Morgan fingerprint density at radius 1 is 1.43 bits per heavy atom. The van der Waals surface area contributed by atoms with Crippen molar-refractivity contribution in [2.24, 2.45) is 0 Å². The number of allylic oxidation sites excluding steroid dienone is 3. The molecule has 0 aliphatic carbocycles. The van der Waals surface area contributed by atoms with Gasteiger partial charge in [-0.05, 0) is 26.3 Å². The lowest BCUT2D eigenvalue weighted by molar-refractivity contribution is 1.34. The first kappa shape index (κ1) is 6.48. The van der Waals surface area contributed by atoms with E-state index < -0.39 is 0 Å². The maximum absolute atomic E-state index is 5.39. The second-order valence-electron chi connectivity index (χ2n) is 1.65. The molecule has 0 aromatic carbocycles. The van der Waals surface area contributed by atoms with Gasteiger partial charge < -0.3 is 0 Å². The van der Waals surface area contributed by atoms with Gasteiger partial charge in [-0.1, -0.05) is 18.2 Å². The molecule has 0 nitrogen and oxygen atoms in total. The fourth-order valence-electron chi connectivity index (χ4n) is 0.228. The molecule has 0 atom stereocenters. The van der Waals surface area contributed by atoms with E-state index in [-0.39, 0.29) is 0 Å². The average molecular weight is 95.2 g/mol. The number of hydrogen-bond acceptors (Lipinski definition) is 0. The van der Waals surface area contributed by atoms with Gasteiger partial charge in [0.25, 0.3) is 0 Å². The van der Waals surface area contributed by atoms with E-state index in [1.165, 1.54) is 5.57 Å². The SMILES string of the molecule is [CH]=C(C)C(C)=CC. The van der Waals surface area contributed by atoms with Gasteiger partial charge in [-0.15, -0.1) is 0 Å². The van der Waals surface area contributed by atoms with Gasteiger partial charge in [0.2, 0.25) is 0 Å². The quantitative estimate of drug-likeness (QED) is 0.438. The fraction of sp³-hybridized carbons (Fsp3) is 0.429. The van der Waals surface area contributed by atoms with Crippen LogP contribution in [0.25, 0.3) is 0 Å². The summed E-state index contributed by atoms with van der Waals surface area (Å²) >= 11 is 0. The lowest BCUT2D eigenvalue weighted by Gasteiger charge is -1.91. The molecular weight excluding hydrogens is 84.1 g/mol. The van der Waals surface area contributed by atoms with Crippen LogP contribution in [0.3, 0.4) is 0 Å². The predicted octanol–water partition coefficient (Wildman–Crippen LogP) is 2.33. The second kappa shape index (κ2) is 2.62. The van der Waals surface area contributed by atoms with E-state index >= 15 is 0 Å². The van der Waals surface area contributed by atoms with Crippen molar-refractivity contribution < 1.29 is 0 Å². The largest absolute Gasteiger partial charge is 0.0845 e. The summed E-state index contributed by atoms with van der Waals surface area (Å²) in [5, 5.41) is 0. The molecule has 0 rings (SSSR count). The Balaban J connectivity index is 3.82. The van der Waals surface area contributed by atoms with Crippen LogP contribution in [-0.4, -0.2) is 0 Å². The molecule has 39 valence electrons. The molecule has 0 N–H and O–H groups in total. The molecule has 0 heteroatoms. The summed E-state index contributed by atoms with van der Waals surface area (Å²) in [6.07, 6.45) is 2.00. The maximum atomic E-state index is 5.39. The highest BCUT2D eigenvalue weighted by atomic mass is 13.9. The summed E-state index contributed by atoms with van der Waals surface area (Å²) in [4.78, 5) is 0. The molecule has 0 aliphatic heterocycles. The molecule has 0 bridgehead atoms. The molecular formula is C7H11. The summed E-state index contributed by atoms with van der Waals surface area (Å²) in [6.45, 7) is 11.3. The van der Waals surface area contributed by atoms with Gasteiger partial charge in [-0.3, -0.25) is 0 Å². The van der Waals surface area contributed by atoms with Gasteiger partial charge in [0.15, 0.2) is 0 Å². The van der Waals surface area contributed by atoms with Gasteiger partial charge >= 0.3 is 0 Å². The predicted molar refractivity (Wildman–Crippen MR) is 32.9 cm³/mol. The molecule has 0 aromatic heterocycles. The van der Waals surface area contributed by atoms with Crippen molar-refractivity contribution >= 4 is 0 Å². The summed E-state index contributed by atoms with van der Waals surface area (Å²) in [5.74, 6) is 0. The minimum Gasteiger partial charge on any atom is -0.0845 e. The number of hydrogen-bond donors (Lipinski definition) is 0. The van der Waals surface area contributed by atoms with Gasteiger partial charge in [-0.2, -0.15) is 0 Å². The highest BCUT2D eigenvalue weighted by molar-refractivity contribution is 5.20. The minimum atomic E-state index is 0.905. The first-order valence-electron chi connectivity index (χ1n) is 2.40. The van der Waals surface area contributed by atoms with Gasteiger partial charge in [0, 0.05) is 0 Å². The Hall–Kier alpha value is -0.520. The Labute approximate surface area is 45.5 Å². The van der Waals surface area contributed by atoms with Crippen LogP contribution in [0.1, 0.15) is 20.8 Å². The Kier molecular flexibility index (Phi) is 2.42. The highest BCUT2D eigenvalue weighted by Gasteiger charge is 1.81. The number of rotatable bonds is 1. The third kappa shape index (κ3) is 2.21. The molecule has 0 saturated heterocycles.